The van der Waals surface area contributed by atoms with Gasteiger partial charge < -0.3 is 10.6 Å². The van der Waals surface area contributed by atoms with Crippen molar-refractivity contribution in [3.63, 3.8) is 0 Å². The zero-order valence-corrected chi connectivity index (χ0v) is 9.86. The number of carbonyl (C=O) groups is 1. The van der Waals surface area contributed by atoms with E-state index in [1.165, 1.54) is 5.56 Å². The molecular weight excluding hydrogens is 200 g/mol. The van der Waals surface area contributed by atoms with E-state index in [1.54, 1.807) is 4.90 Å². The number of likely N-dealkylation sites (tertiary alicyclic amines) is 1. The maximum absolute atomic E-state index is 12.0. The largest absolute Gasteiger partial charge is 0.335 e. The first kappa shape index (κ1) is 11.1. The summed E-state index contributed by atoms with van der Waals surface area (Å²) in [4.78, 5) is 13.8. The van der Waals surface area contributed by atoms with Gasteiger partial charge in [0.15, 0.2) is 0 Å². The van der Waals surface area contributed by atoms with Crippen LogP contribution in [0.3, 0.4) is 0 Å². The number of benzene rings is 1. The van der Waals surface area contributed by atoms with E-state index in [4.69, 9.17) is 5.73 Å². The molecule has 16 heavy (non-hydrogen) atoms. The Labute approximate surface area is 96.2 Å². The van der Waals surface area contributed by atoms with Gasteiger partial charge in [-0.05, 0) is 31.0 Å². The Morgan fingerprint density at radius 3 is 2.38 bits per heavy atom. The number of carbonyl (C=O) groups excluding carboxylic acids is 1. The molecule has 1 aliphatic heterocycles. The predicted octanol–water partition coefficient (Wildman–Crippen LogP) is 1.42. The van der Waals surface area contributed by atoms with Gasteiger partial charge in [-0.25, -0.2) is 0 Å². The van der Waals surface area contributed by atoms with Crippen molar-refractivity contribution in [1.82, 2.24) is 4.90 Å². The number of aryl methyl sites for hydroxylation is 1. The van der Waals surface area contributed by atoms with Crippen LogP contribution in [0.15, 0.2) is 24.3 Å². The highest BCUT2D eigenvalue weighted by Gasteiger charge is 2.37. The number of nitrogens with zero attached hydrogens (tertiary/aromatic N) is 1. The summed E-state index contributed by atoms with van der Waals surface area (Å²) in [5.74, 6) is 0.0885. The minimum absolute atomic E-state index is 0.0885. The number of nitrogens with two attached hydrogens (primary N) is 1. The van der Waals surface area contributed by atoms with Crippen LogP contribution in [0.25, 0.3) is 0 Å². The van der Waals surface area contributed by atoms with E-state index in [0.29, 0.717) is 13.1 Å². The van der Waals surface area contributed by atoms with Gasteiger partial charge in [-0.1, -0.05) is 19.1 Å². The van der Waals surface area contributed by atoms with Gasteiger partial charge in [-0.2, -0.15) is 0 Å². The van der Waals surface area contributed by atoms with Gasteiger partial charge in [0.2, 0.25) is 0 Å². The Bertz CT molecular complexity index is 387. The second kappa shape index (κ2) is 3.91. The van der Waals surface area contributed by atoms with Crippen molar-refractivity contribution >= 4 is 5.91 Å². The second-order valence-electron chi connectivity index (χ2n) is 4.87. The molecule has 86 valence electrons. The lowest BCUT2D eigenvalue weighted by Gasteiger charge is -2.45. The number of amides is 1. The molecular formula is C13H18N2O. The molecule has 0 aromatic heterocycles. The fourth-order valence-electron chi connectivity index (χ4n) is 2.03. The van der Waals surface area contributed by atoms with Crippen LogP contribution in [0.5, 0.6) is 0 Å². The summed E-state index contributed by atoms with van der Waals surface area (Å²) in [5.41, 5.74) is 7.69. The summed E-state index contributed by atoms with van der Waals surface area (Å²) in [6.07, 6.45) is 0.999. The zero-order chi connectivity index (χ0) is 11.8. The van der Waals surface area contributed by atoms with Gasteiger partial charge >= 0.3 is 0 Å². The first-order valence-electron chi connectivity index (χ1n) is 5.69. The summed E-state index contributed by atoms with van der Waals surface area (Å²) in [6.45, 7) is 5.38. The Morgan fingerprint density at radius 1 is 1.38 bits per heavy atom. The number of hydrogen-bond acceptors (Lipinski definition) is 2. The lowest BCUT2D eigenvalue weighted by atomic mass is 9.93. The summed E-state index contributed by atoms with van der Waals surface area (Å²) >= 11 is 0. The smallest absolute Gasteiger partial charge is 0.253 e. The summed E-state index contributed by atoms with van der Waals surface area (Å²) in [7, 11) is 0. The molecule has 0 radical (unpaired) electrons. The molecule has 0 spiro atoms. The lowest BCUT2D eigenvalue weighted by Crippen LogP contribution is -2.66. The van der Waals surface area contributed by atoms with Crippen LogP contribution >= 0.6 is 0 Å². The van der Waals surface area contributed by atoms with E-state index in [2.05, 4.69) is 6.92 Å². The molecule has 0 saturated carbocycles. The Hall–Kier alpha value is -1.35. The van der Waals surface area contributed by atoms with E-state index >= 15 is 0 Å². The van der Waals surface area contributed by atoms with Crippen LogP contribution in [0.4, 0.5) is 0 Å². The third-order valence-electron chi connectivity index (χ3n) is 3.00. The van der Waals surface area contributed by atoms with E-state index < -0.39 is 0 Å². The van der Waals surface area contributed by atoms with Gasteiger partial charge in [-0.15, -0.1) is 0 Å². The molecule has 3 heteroatoms. The van der Waals surface area contributed by atoms with Gasteiger partial charge in [-0.3, -0.25) is 4.79 Å². The van der Waals surface area contributed by atoms with Crippen molar-refractivity contribution in [2.24, 2.45) is 5.73 Å². The molecule has 2 rings (SSSR count). The highest BCUT2D eigenvalue weighted by atomic mass is 16.2. The van der Waals surface area contributed by atoms with Gasteiger partial charge in [0.05, 0.1) is 0 Å². The van der Waals surface area contributed by atoms with Crippen LogP contribution in [-0.4, -0.2) is 29.4 Å². The number of hydrogen-bond donors (Lipinski definition) is 1. The Balaban J connectivity index is 2.05. The Morgan fingerprint density at radius 2 is 1.94 bits per heavy atom. The van der Waals surface area contributed by atoms with Crippen molar-refractivity contribution in [1.29, 1.82) is 0 Å². The molecule has 1 aromatic carbocycles. The van der Waals surface area contributed by atoms with E-state index in [0.717, 1.165) is 12.0 Å². The molecule has 1 amide bonds. The van der Waals surface area contributed by atoms with E-state index in [9.17, 15) is 4.79 Å². The van der Waals surface area contributed by atoms with Crippen LogP contribution in [-0.2, 0) is 6.42 Å². The third-order valence-corrected chi connectivity index (χ3v) is 3.00. The molecule has 1 aliphatic rings. The number of rotatable bonds is 2. The highest BCUT2D eigenvalue weighted by Crippen LogP contribution is 2.20. The fourth-order valence-corrected chi connectivity index (χ4v) is 2.03. The summed E-state index contributed by atoms with van der Waals surface area (Å²) in [5, 5.41) is 0. The molecule has 1 aromatic rings. The lowest BCUT2D eigenvalue weighted by molar-refractivity contribution is 0.0454. The van der Waals surface area contributed by atoms with Crippen LogP contribution in [0.2, 0.25) is 0 Å². The predicted molar refractivity (Wildman–Crippen MR) is 64.3 cm³/mol. The van der Waals surface area contributed by atoms with Crippen LogP contribution in [0, 0.1) is 0 Å². The maximum Gasteiger partial charge on any atom is 0.253 e. The minimum Gasteiger partial charge on any atom is -0.335 e. The van der Waals surface area contributed by atoms with Gasteiger partial charge in [0, 0.05) is 24.2 Å². The summed E-state index contributed by atoms with van der Waals surface area (Å²) < 4.78 is 0. The monoisotopic (exact) mass is 218 g/mol. The van der Waals surface area contributed by atoms with Gasteiger partial charge in [0.1, 0.15) is 0 Å². The van der Waals surface area contributed by atoms with Crippen molar-refractivity contribution < 1.29 is 4.79 Å². The molecule has 0 aliphatic carbocycles. The Kier molecular flexibility index (Phi) is 2.72. The zero-order valence-electron chi connectivity index (χ0n) is 9.86. The standard InChI is InChI=1S/C13H18N2O/c1-3-10-4-6-11(7-5-10)12(16)15-8-13(2,14)9-15/h4-7H,3,8-9,14H2,1-2H3. The van der Waals surface area contributed by atoms with Gasteiger partial charge in [0.25, 0.3) is 5.91 Å². The average Bonchev–Trinajstić information content (AvgIpc) is 2.25. The normalized spacial score (nSPS) is 18.1. The highest BCUT2D eigenvalue weighted by molar-refractivity contribution is 5.95. The molecule has 1 fully saturated rings. The molecule has 2 N–H and O–H groups in total. The topological polar surface area (TPSA) is 46.3 Å². The van der Waals surface area contributed by atoms with Crippen molar-refractivity contribution in [3.8, 4) is 0 Å². The molecule has 0 atom stereocenters. The average molecular weight is 218 g/mol. The third kappa shape index (κ3) is 2.09. The first-order chi connectivity index (χ1) is 7.52. The van der Waals surface area contributed by atoms with Crippen molar-refractivity contribution in [2.45, 2.75) is 25.8 Å². The van der Waals surface area contributed by atoms with E-state index in [1.807, 2.05) is 31.2 Å². The summed E-state index contributed by atoms with van der Waals surface area (Å²) in [6, 6.07) is 7.81. The van der Waals surface area contributed by atoms with Crippen LogP contribution in [0.1, 0.15) is 29.8 Å². The van der Waals surface area contributed by atoms with Crippen LogP contribution < -0.4 is 5.73 Å². The van der Waals surface area contributed by atoms with Crippen molar-refractivity contribution in [2.75, 3.05) is 13.1 Å². The fraction of sp³-hybridized carbons (Fsp3) is 0.462. The molecule has 3 nitrogen and oxygen atoms in total. The van der Waals surface area contributed by atoms with E-state index in [-0.39, 0.29) is 11.4 Å². The second-order valence-corrected chi connectivity index (χ2v) is 4.87. The SMILES string of the molecule is CCc1ccc(C(=O)N2CC(C)(N)C2)cc1. The minimum atomic E-state index is -0.195. The molecule has 1 saturated heterocycles. The van der Waals surface area contributed by atoms with Crippen molar-refractivity contribution in [3.05, 3.63) is 35.4 Å². The maximum atomic E-state index is 12.0. The molecule has 0 unspecified atom stereocenters. The molecule has 0 bridgehead atoms. The quantitative estimate of drug-likeness (QED) is 0.816. The molecule has 1 heterocycles. The first-order valence-corrected chi connectivity index (χ1v) is 5.69.